The number of anilines is 1. The fraction of sp³-hybridized carbons (Fsp3) is 0.0870. The van der Waals surface area contributed by atoms with Gasteiger partial charge in [0.1, 0.15) is 5.75 Å². The van der Waals surface area contributed by atoms with E-state index in [1.54, 1.807) is 72.8 Å². The lowest BCUT2D eigenvalue weighted by Crippen LogP contribution is -2.18. The summed E-state index contributed by atoms with van der Waals surface area (Å²) in [6.45, 7) is -0.444. The van der Waals surface area contributed by atoms with Crippen LogP contribution in [0.4, 0.5) is 5.69 Å². The third kappa shape index (κ3) is 4.87. The summed E-state index contributed by atoms with van der Waals surface area (Å²) in [6.07, 6.45) is 0. The molecule has 6 heteroatoms. The summed E-state index contributed by atoms with van der Waals surface area (Å²) in [4.78, 5) is 37.3. The molecule has 0 aromatic heterocycles. The fourth-order valence-corrected chi connectivity index (χ4v) is 2.72. The Balaban J connectivity index is 1.70. The molecule has 0 heterocycles. The topological polar surface area (TPSA) is 81.7 Å². The number of carbonyl (C=O) groups is 3. The van der Waals surface area contributed by atoms with Crippen molar-refractivity contribution in [2.75, 3.05) is 19.0 Å². The van der Waals surface area contributed by atoms with Crippen molar-refractivity contribution in [1.82, 2.24) is 0 Å². The summed E-state index contributed by atoms with van der Waals surface area (Å²) >= 11 is 0. The average molecular weight is 389 g/mol. The van der Waals surface area contributed by atoms with E-state index in [1.165, 1.54) is 13.2 Å². The standard InChI is InChI=1S/C23H19NO5/c1-28-21-14-8-6-12-18(21)20(25)15-29-23(27)17-11-5-7-13-19(17)24-22(26)16-9-3-2-4-10-16/h2-14H,15H2,1H3,(H,24,26). The van der Waals surface area contributed by atoms with Crippen LogP contribution in [0.15, 0.2) is 78.9 Å². The average Bonchev–Trinajstić information content (AvgIpc) is 2.78. The number of nitrogens with one attached hydrogen (secondary N) is 1. The number of ether oxygens (including phenoxy) is 2. The van der Waals surface area contributed by atoms with Gasteiger partial charge in [-0.1, -0.05) is 42.5 Å². The number of rotatable bonds is 7. The van der Waals surface area contributed by atoms with Crippen LogP contribution in [0.1, 0.15) is 31.1 Å². The number of Topliss-reactive ketones (excluding diaryl/α,β-unsaturated/α-hetero) is 1. The van der Waals surface area contributed by atoms with E-state index in [9.17, 15) is 14.4 Å². The number of esters is 1. The second kappa shape index (κ2) is 9.32. The quantitative estimate of drug-likeness (QED) is 0.488. The number of para-hydroxylation sites is 2. The molecule has 0 aliphatic rings. The Bertz CT molecular complexity index is 1030. The molecule has 0 aliphatic heterocycles. The molecule has 1 amide bonds. The maximum Gasteiger partial charge on any atom is 0.340 e. The van der Waals surface area contributed by atoms with E-state index in [0.29, 0.717) is 22.6 Å². The van der Waals surface area contributed by atoms with Crippen LogP contribution < -0.4 is 10.1 Å². The normalized spacial score (nSPS) is 10.1. The molecule has 146 valence electrons. The van der Waals surface area contributed by atoms with Crippen LogP contribution in [0, 0.1) is 0 Å². The van der Waals surface area contributed by atoms with E-state index >= 15 is 0 Å². The number of hydrogen-bond acceptors (Lipinski definition) is 5. The van der Waals surface area contributed by atoms with Crippen molar-refractivity contribution in [2.24, 2.45) is 0 Å². The second-order valence-electron chi connectivity index (χ2n) is 6.07. The number of amides is 1. The van der Waals surface area contributed by atoms with E-state index in [4.69, 9.17) is 9.47 Å². The highest BCUT2D eigenvalue weighted by molar-refractivity contribution is 6.08. The van der Waals surface area contributed by atoms with E-state index in [1.807, 2.05) is 0 Å². The Morgan fingerprint density at radius 2 is 1.41 bits per heavy atom. The van der Waals surface area contributed by atoms with Gasteiger partial charge >= 0.3 is 5.97 Å². The predicted molar refractivity (Wildman–Crippen MR) is 108 cm³/mol. The van der Waals surface area contributed by atoms with E-state index in [2.05, 4.69) is 5.32 Å². The molecular weight excluding hydrogens is 370 g/mol. The van der Waals surface area contributed by atoms with Crippen LogP contribution in [-0.4, -0.2) is 31.4 Å². The van der Waals surface area contributed by atoms with Crippen molar-refractivity contribution in [1.29, 1.82) is 0 Å². The largest absolute Gasteiger partial charge is 0.496 e. The molecule has 6 nitrogen and oxygen atoms in total. The summed E-state index contributed by atoms with van der Waals surface area (Å²) < 4.78 is 10.3. The van der Waals surface area contributed by atoms with Crippen LogP contribution in [0.2, 0.25) is 0 Å². The minimum Gasteiger partial charge on any atom is -0.496 e. The smallest absolute Gasteiger partial charge is 0.340 e. The van der Waals surface area contributed by atoms with Crippen molar-refractivity contribution in [3.05, 3.63) is 95.6 Å². The van der Waals surface area contributed by atoms with Gasteiger partial charge in [-0.15, -0.1) is 0 Å². The van der Waals surface area contributed by atoms with Gasteiger partial charge in [-0.25, -0.2) is 4.79 Å². The molecule has 0 saturated carbocycles. The molecule has 0 atom stereocenters. The summed E-state index contributed by atoms with van der Waals surface area (Å²) in [5.74, 6) is -1.04. The molecule has 29 heavy (non-hydrogen) atoms. The Labute approximate surface area is 168 Å². The minimum absolute atomic E-state index is 0.157. The van der Waals surface area contributed by atoms with Crippen molar-refractivity contribution < 1.29 is 23.9 Å². The van der Waals surface area contributed by atoms with Crippen LogP contribution in [0.5, 0.6) is 5.75 Å². The Morgan fingerprint density at radius 3 is 2.14 bits per heavy atom. The zero-order valence-corrected chi connectivity index (χ0v) is 15.8. The summed E-state index contributed by atoms with van der Waals surface area (Å²) in [5.41, 5.74) is 1.25. The van der Waals surface area contributed by atoms with E-state index < -0.39 is 12.6 Å². The van der Waals surface area contributed by atoms with Crippen LogP contribution >= 0.6 is 0 Å². The molecule has 0 aliphatic carbocycles. The first-order chi connectivity index (χ1) is 14.1. The van der Waals surface area contributed by atoms with Gasteiger partial charge in [0.15, 0.2) is 6.61 Å². The predicted octanol–water partition coefficient (Wildman–Crippen LogP) is 3.99. The van der Waals surface area contributed by atoms with Crippen molar-refractivity contribution in [3.8, 4) is 5.75 Å². The lowest BCUT2D eigenvalue weighted by atomic mass is 10.1. The fourth-order valence-electron chi connectivity index (χ4n) is 2.72. The van der Waals surface area contributed by atoms with Gasteiger partial charge in [-0.05, 0) is 36.4 Å². The highest BCUT2D eigenvalue weighted by Crippen LogP contribution is 2.20. The third-order valence-electron chi connectivity index (χ3n) is 4.17. The molecule has 0 saturated heterocycles. The molecule has 1 N–H and O–H groups in total. The first-order valence-electron chi connectivity index (χ1n) is 8.89. The van der Waals surface area contributed by atoms with Crippen LogP contribution in [0.25, 0.3) is 0 Å². The Hall–Kier alpha value is -3.93. The van der Waals surface area contributed by atoms with Gasteiger partial charge in [0, 0.05) is 5.56 Å². The minimum atomic E-state index is -0.711. The number of carbonyl (C=O) groups excluding carboxylic acids is 3. The van der Waals surface area contributed by atoms with Gasteiger partial charge in [0.25, 0.3) is 5.91 Å². The Kier molecular flexibility index (Phi) is 6.37. The second-order valence-corrected chi connectivity index (χ2v) is 6.07. The molecule has 0 radical (unpaired) electrons. The molecule has 0 unspecified atom stereocenters. The highest BCUT2D eigenvalue weighted by atomic mass is 16.5. The Morgan fingerprint density at radius 1 is 0.793 bits per heavy atom. The summed E-state index contributed by atoms with van der Waals surface area (Å²) in [6, 6.07) is 21.8. The van der Waals surface area contributed by atoms with Gasteiger partial charge < -0.3 is 14.8 Å². The van der Waals surface area contributed by atoms with Gasteiger partial charge in [0.05, 0.1) is 23.9 Å². The summed E-state index contributed by atoms with van der Waals surface area (Å²) in [7, 11) is 1.46. The maximum absolute atomic E-state index is 12.5. The van der Waals surface area contributed by atoms with Crippen molar-refractivity contribution in [3.63, 3.8) is 0 Å². The molecule has 0 spiro atoms. The molecule has 0 fully saturated rings. The number of methoxy groups -OCH3 is 1. The van der Waals surface area contributed by atoms with E-state index in [0.717, 1.165) is 0 Å². The monoisotopic (exact) mass is 389 g/mol. The number of ketones is 1. The lowest BCUT2D eigenvalue weighted by Gasteiger charge is -2.11. The zero-order valence-electron chi connectivity index (χ0n) is 15.8. The van der Waals surface area contributed by atoms with E-state index in [-0.39, 0.29) is 17.3 Å². The van der Waals surface area contributed by atoms with Gasteiger partial charge in [-0.2, -0.15) is 0 Å². The van der Waals surface area contributed by atoms with Crippen molar-refractivity contribution in [2.45, 2.75) is 0 Å². The van der Waals surface area contributed by atoms with Gasteiger partial charge in [0.2, 0.25) is 5.78 Å². The number of hydrogen-bond donors (Lipinski definition) is 1. The number of benzene rings is 3. The molecule has 3 rings (SSSR count). The molecule has 3 aromatic carbocycles. The third-order valence-corrected chi connectivity index (χ3v) is 4.17. The maximum atomic E-state index is 12.5. The SMILES string of the molecule is COc1ccccc1C(=O)COC(=O)c1ccccc1NC(=O)c1ccccc1. The first-order valence-corrected chi connectivity index (χ1v) is 8.89. The molecule has 0 bridgehead atoms. The lowest BCUT2D eigenvalue weighted by molar-refractivity contribution is 0.0475. The van der Waals surface area contributed by atoms with Gasteiger partial charge in [-0.3, -0.25) is 9.59 Å². The molecular formula is C23H19NO5. The highest BCUT2D eigenvalue weighted by Gasteiger charge is 2.18. The molecule has 3 aromatic rings. The first kappa shape index (κ1) is 19.8. The van der Waals surface area contributed by atoms with Crippen LogP contribution in [-0.2, 0) is 4.74 Å². The van der Waals surface area contributed by atoms with Crippen molar-refractivity contribution >= 4 is 23.3 Å². The van der Waals surface area contributed by atoms with Crippen LogP contribution in [0.3, 0.4) is 0 Å². The summed E-state index contributed by atoms with van der Waals surface area (Å²) in [5, 5.41) is 2.70. The zero-order chi connectivity index (χ0) is 20.6.